The molecule has 2 atom stereocenters. The summed E-state index contributed by atoms with van der Waals surface area (Å²) in [5.41, 5.74) is 0. The number of likely N-dealkylation sites (tertiary alicyclic amines) is 1. The molecule has 0 radical (unpaired) electrons. The molecule has 2 bridgehead atoms. The van der Waals surface area contributed by atoms with Crippen molar-refractivity contribution in [3.63, 3.8) is 0 Å². The van der Waals surface area contributed by atoms with Gasteiger partial charge in [0, 0.05) is 19.6 Å². The van der Waals surface area contributed by atoms with Crippen LogP contribution < -0.4 is 5.32 Å². The van der Waals surface area contributed by atoms with Crippen molar-refractivity contribution < 1.29 is 4.74 Å². The van der Waals surface area contributed by atoms with Gasteiger partial charge >= 0.3 is 0 Å². The molecule has 14 heavy (non-hydrogen) atoms. The zero-order valence-corrected chi connectivity index (χ0v) is 9.48. The van der Waals surface area contributed by atoms with E-state index in [4.69, 9.17) is 17.0 Å². The first-order valence-electron chi connectivity index (χ1n) is 5.48. The van der Waals surface area contributed by atoms with Crippen LogP contribution in [0.1, 0.15) is 26.2 Å². The zero-order chi connectivity index (χ0) is 9.97. The van der Waals surface area contributed by atoms with Crippen molar-refractivity contribution in [3.05, 3.63) is 0 Å². The molecule has 2 heterocycles. The monoisotopic (exact) mass is 214 g/mol. The fourth-order valence-electron chi connectivity index (χ4n) is 2.12. The Labute approximate surface area is 90.8 Å². The Kier molecular flexibility index (Phi) is 3.23. The summed E-state index contributed by atoms with van der Waals surface area (Å²) >= 11 is 5.33. The molecule has 2 unspecified atom stereocenters. The van der Waals surface area contributed by atoms with Crippen LogP contribution in [0.25, 0.3) is 0 Å². The van der Waals surface area contributed by atoms with E-state index < -0.39 is 0 Å². The molecule has 2 aliphatic heterocycles. The first-order chi connectivity index (χ1) is 6.79. The molecule has 2 fully saturated rings. The van der Waals surface area contributed by atoms with Crippen molar-refractivity contribution in [1.82, 2.24) is 10.2 Å². The Balaban J connectivity index is 1.83. The Bertz CT molecular complexity index is 210. The molecule has 2 saturated heterocycles. The fraction of sp³-hybridized carbons (Fsp3) is 0.900. The molecule has 2 aliphatic rings. The highest BCUT2D eigenvalue weighted by atomic mass is 32.1. The first-order valence-corrected chi connectivity index (χ1v) is 5.88. The minimum absolute atomic E-state index is 0.426. The summed E-state index contributed by atoms with van der Waals surface area (Å²) in [5, 5.41) is 4.18. The Morgan fingerprint density at radius 3 is 2.64 bits per heavy atom. The van der Waals surface area contributed by atoms with Crippen LogP contribution in [0.2, 0.25) is 0 Å². The van der Waals surface area contributed by atoms with Gasteiger partial charge < -0.3 is 15.0 Å². The van der Waals surface area contributed by atoms with Crippen molar-refractivity contribution in [2.24, 2.45) is 0 Å². The highest BCUT2D eigenvalue weighted by Gasteiger charge is 2.34. The molecule has 0 aromatic heterocycles. The van der Waals surface area contributed by atoms with E-state index in [9.17, 15) is 0 Å². The molecular weight excluding hydrogens is 196 g/mol. The summed E-state index contributed by atoms with van der Waals surface area (Å²) in [6, 6.07) is 0. The molecule has 0 aliphatic carbocycles. The molecule has 0 aromatic carbocycles. The van der Waals surface area contributed by atoms with Crippen molar-refractivity contribution in [1.29, 1.82) is 0 Å². The third-order valence-electron chi connectivity index (χ3n) is 2.86. The van der Waals surface area contributed by atoms with Gasteiger partial charge in [0.05, 0.1) is 12.2 Å². The number of fused-ring (bicyclic) bond motifs is 2. The first kappa shape index (κ1) is 10.2. The van der Waals surface area contributed by atoms with E-state index in [0.717, 1.165) is 31.2 Å². The maximum Gasteiger partial charge on any atom is 0.169 e. The molecule has 3 nitrogen and oxygen atoms in total. The minimum atomic E-state index is 0.426. The lowest BCUT2D eigenvalue weighted by Crippen LogP contribution is -2.49. The number of hydrogen-bond acceptors (Lipinski definition) is 2. The Morgan fingerprint density at radius 1 is 1.43 bits per heavy atom. The second-order valence-electron chi connectivity index (χ2n) is 4.09. The molecular formula is C10H18N2OS. The Hall–Kier alpha value is -0.350. The number of morpholine rings is 1. The summed E-state index contributed by atoms with van der Waals surface area (Å²) < 4.78 is 5.75. The summed E-state index contributed by atoms with van der Waals surface area (Å²) in [5.74, 6) is 0. The summed E-state index contributed by atoms with van der Waals surface area (Å²) in [7, 11) is 0. The normalized spacial score (nSPS) is 30.5. The molecule has 0 amide bonds. The Morgan fingerprint density at radius 2 is 2.07 bits per heavy atom. The SMILES string of the molecule is CCCNC(=S)N1CC2CCC(C1)O2. The van der Waals surface area contributed by atoms with Crippen molar-refractivity contribution >= 4 is 17.3 Å². The van der Waals surface area contributed by atoms with Crippen molar-refractivity contribution in [2.45, 2.75) is 38.4 Å². The van der Waals surface area contributed by atoms with Crippen LogP contribution in [-0.4, -0.2) is 41.9 Å². The molecule has 2 rings (SSSR count). The molecule has 0 saturated carbocycles. The predicted octanol–water partition coefficient (Wildman–Crippen LogP) is 1.13. The lowest BCUT2D eigenvalue weighted by Gasteiger charge is -2.34. The average Bonchev–Trinajstić information content (AvgIpc) is 2.54. The zero-order valence-electron chi connectivity index (χ0n) is 8.66. The van der Waals surface area contributed by atoms with Gasteiger partial charge in [-0.2, -0.15) is 0 Å². The molecule has 1 N–H and O–H groups in total. The van der Waals surface area contributed by atoms with Gasteiger partial charge in [0.15, 0.2) is 5.11 Å². The lowest BCUT2D eigenvalue weighted by molar-refractivity contribution is -0.0159. The lowest BCUT2D eigenvalue weighted by atomic mass is 10.2. The maximum absolute atomic E-state index is 5.75. The average molecular weight is 214 g/mol. The fourth-order valence-corrected chi connectivity index (χ4v) is 2.38. The standard InChI is InChI=1S/C10H18N2OS/c1-2-5-11-10(14)12-6-8-3-4-9(7-12)13-8/h8-9H,2-7H2,1H3,(H,11,14). The largest absolute Gasteiger partial charge is 0.371 e. The van der Waals surface area contributed by atoms with Crippen LogP contribution >= 0.6 is 12.2 Å². The van der Waals surface area contributed by atoms with Gasteiger partial charge in [0.1, 0.15) is 0 Å². The van der Waals surface area contributed by atoms with E-state index in [2.05, 4.69) is 17.1 Å². The number of ether oxygens (including phenoxy) is 1. The van der Waals surface area contributed by atoms with E-state index in [-0.39, 0.29) is 0 Å². The summed E-state index contributed by atoms with van der Waals surface area (Å²) in [6.07, 6.45) is 4.39. The number of rotatable bonds is 2. The van der Waals surface area contributed by atoms with E-state index in [1.54, 1.807) is 0 Å². The van der Waals surface area contributed by atoms with Crippen LogP contribution in [0.4, 0.5) is 0 Å². The number of hydrogen-bond donors (Lipinski definition) is 1. The highest BCUT2D eigenvalue weighted by molar-refractivity contribution is 7.80. The predicted molar refractivity (Wildman–Crippen MR) is 60.4 cm³/mol. The quantitative estimate of drug-likeness (QED) is 0.697. The van der Waals surface area contributed by atoms with E-state index in [0.29, 0.717) is 12.2 Å². The third kappa shape index (κ3) is 2.17. The molecule has 80 valence electrons. The third-order valence-corrected chi connectivity index (χ3v) is 3.26. The van der Waals surface area contributed by atoms with Gasteiger partial charge in [-0.1, -0.05) is 6.92 Å². The second-order valence-corrected chi connectivity index (χ2v) is 4.48. The number of thiocarbonyl (C=S) groups is 1. The molecule has 4 heteroatoms. The smallest absolute Gasteiger partial charge is 0.169 e. The second kappa shape index (κ2) is 4.45. The molecule has 0 spiro atoms. The molecule has 0 aromatic rings. The maximum atomic E-state index is 5.75. The summed E-state index contributed by atoms with van der Waals surface area (Å²) in [4.78, 5) is 2.26. The van der Waals surface area contributed by atoms with Crippen LogP contribution in [0.15, 0.2) is 0 Å². The topological polar surface area (TPSA) is 24.5 Å². The van der Waals surface area contributed by atoms with E-state index in [1.807, 2.05) is 0 Å². The van der Waals surface area contributed by atoms with Gasteiger partial charge in [0.2, 0.25) is 0 Å². The van der Waals surface area contributed by atoms with Crippen LogP contribution in [0.5, 0.6) is 0 Å². The highest BCUT2D eigenvalue weighted by Crippen LogP contribution is 2.26. The van der Waals surface area contributed by atoms with Crippen molar-refractivity contribution in [2.75, 3.05) is 19.6 Å². The van der Waals surface area contributed by atoms with Crippen LogP contribution in [0.3, 0.4) is 0 Å². The van der Waals surface area contributed by atoms with E-state index in [1.165, 1.54) is 12.8 Å². The minimum Gasteiger partial charge on any atom is -0.371 e. The van der Waals surface area contributed by atoms with E-state index >= 15 is 0 Å². The van der Waals surface area contributed by atoms with Gasteiger partial charge in [0.25, 0.3) is 0 Å². The summed E-state index contributed by atoms with van der Waals surface area (Å²) in [6.45, 7) is 5.09. The van der Waals surface area contributed by atoms with Gasteiger partial charge in [-0.05, 0) is 31.5 Å². The van der Waals surface area contributed by atoms with Gasteiger partial charge in [-0.15, -0.1) is 0 Å². The van der Waals surface area contributed by atoms with Gasteiger partial charge in [-0.3, -0.25) is 0 Å². The van der Waals surface area contributed by atoms with Crippen LogP contribution in [0, 0.1) is 0 Å². The van der Waals surface area contributed by atoms with Crippen LogP contribution in [-0.2, 0) is 4.74 Å². The van der Waals surface area contributed by atoms with Gasteiger partial charge in [-0.25, -0.2) is 0 Å². The number of nitrogens with zero attached hydrogens (tertiary/aromatic N) is 1. The number of nitrogens with one attached hydrogen (secondary N) is 1. The van der Waals surface area contributed by atoms with Crippen molar-refractivity contribution in [3.8, 4) is 0 Å².